The Morgan fingerprint density at radius 1 is 1.16 bits per heavy atom. The molecule has 3 atom stereocenters. The molecule has 4 heterocycles. The standard InChI is InChI=1S/C29H39F3N4O2/c30-29(31,32)21-3-4-25-24(16-21)23-14-20-18-36(10-5-19(20)15-26(23)35-25)11-6-28(7-12-38-13-8-28)27(37)34-17-22-2-1-9-33-22/h3-4,16,19-20,22,33,35H,1-2,5-15,17-18H2,(H,34,37)/t19-,20?,22-/m1/s1. The zero-order valence-electron chi connectivity index (χ0n) is 22.0. The lowest BCUT2D eigenvalue weighted by Gasteiger charge is -2.43. The second-order valence-corrected chi connectivity index (χ2v) is 12.0. The van der Waals surface area contributed by atoms with Crippen LogP contribution < -0.4 is 10.6 Å². The number of nitrogens with zero attached hydrogens (tertiary/aromatic N) is 1. The van der Waals surface area contributed by atoms with Crippen LogP contribution >= 0.6 is 0 Å². The molecule has 3 saturated heterocycles. The maximum atomic E-state index is 13.4. The van der Waals surface area contributed by atoms with E-state index in [1.54, 1.807) is 6.07 Å². The van der Waals surface area contributed by atoms with E-state index < -0.39 is 11.7 Å². The van der Waals surface area contributed by atoms with Gasteiger partial charge >= 0.3 is 6.18 Å². The molecule has 0 radical (unpaired) electrons. The fraction of sp³-hybridized carbons (Fsp3) is 0.690. The van der Waals surface area contributed by atoms with Gasteiger partial charge in [0.05, 0.1) is 11.0 Å². The van der Waals surface area contributed by atoms with Gasteiger partial charge < -0.3 is 25.3 Å². The van der Waals surface area contributed by atoms with E-state index in [1.165, 1.54) is 18.6 Å². The summed E-state index contributed by atoms with van der Waals surface area (Å²) in [6, 6.07) is 4.45. The number of hydrogen-bond acceptors (Lipinski definition) is 4. The van der Waals surface area contributed by atoms with E-state index in [9.17, 15) is 18.0 Å². The molecule has 1 unspecified atom stereocenters. The number of carbonyl (C=O) groups excluding carboxylic acids is 1. The Kier molecular flexibility index (Phi) is 7.20. The molecule has 0 spiro atoms. The van der Waals surface area contributed by atoms with E-state index >= 15 is 0 Å². The summed E-state index contributed by atoms with van der Waals surface area (Å²) in [5, 5.41) is 7.43. The summed E-state index contributed by atoms with van der Waals surface area (Å²) in [6.07, 6.45) is 3.09. The van der Waals surface area contributed by atoms with Crippen LogP contribution in [0.25, 0.3) is 10.9 Å². The van der Waals surface area contributed by atoms with Crippen molar-refractivity contribution in [1.82, 2.24) is 20.5 Å². The van der Waals surface area contributed by atoms with Crippen LogP contribution in [0.2, 0.25) is 0 Å². The zero-order valence-corrected chi connectivity index (χ0v) is 22.0. The second-order valence-electron chi connectivity index (χ2n) is 12.0. The minimum atomic E-state index is -4.34. The Morgan fingerprint density at radius 3 is 2.76 bits per heavy atom. The number of aromatic nitrogens is 1. The molecule has 1 aromatic heterocycles. The van der Waals surface area contributed by atoms with Gasteiger partial charge in [-0.1, -0.05) is 0 Å². The minimum Gasteiger partial charge on any atom is -0.381 e. The first-order chi connectivity index (χ1) is 18.3. The quantitative estimate of drug-likeness (QED) is 0.520. The third-order valence-corrected chi connectivity index (χ3v) is 9.74. The van der Waals surface area contributed by atoms with E-state index in [4.69, 9.17) is 4.74 Å². The van der Waals surface area contributed by atoms with Crippen LogP contribution in [-0.4, -0.2) is 67.8 Å². The van der Waals surface area contributed by atoms with Crippen LogP contribution in [0.1, 0.15) is 55.3 Å². The van der Waals surface area contributed by atoms with Crippen LogP contribution in [0.4, 0.5) is 13.2 Å². The average molecular weight is 533 g/mol. The molecule has 1 amide bonds. The zero-order chi connectivity index (χ0) is 26.3. The Bertz CT molecular complexity index is 1150. The lowest BCUT2D eigenvalue weighted by molar-refractivity contribution is -0.138. The molecule has 6 nitrogen and oxygen atoms in total. The minimum absolute atomic E-state index is 0.172. The highest BCUT2D eigenvalue weighted by molar-refractivity contribution is 5.86. The Morgan fingerprint density at radius 2 is 2.00 bits per heavy atom. The number of halogens is 3. The predicted octanol–water partition coefficient (Wildman–Crippen LogP) is 4.28. The third kappa shape index (κ3) is 5.21. The summed E-state index contributed by atoms with van der Waals surface area (Å²) < 4.78 is 45.7. The van der Waals surface area contributed by atoms with Gasteiger partial charge in [-0.2, -0.15) is 13.2 Å². The van der Waals surface area contributed by atoms with E-state index in [-0.39, 0.29) is 11.3 Å². The number of rotatable bonds is 6. The molecule has 0 bridgehead atoms. The molecule has 38 heavy (non-hydrogen) atoms. The number of carbonyl (C=O) groups is 1. The molecule has 4 aliphatic rings. The fourth-order valence-electron chi connectivity index (χ4n) is 7.33. The van der Waals surface area contributed by atoms with Crippen molar-refractivity contribution in [2.45, 2.75) is 63.6 Å². The number of benzene rings is 1. The van der Waals surface area contributed by atoms with Gasteiger partial charge in [0, 0.05) is 48.9 Å². The van der Waals surface area contributed by atoms with E-state index in [1.807, 2.05) is 0 Å². The number of piperidine rings is 1. The van der Waals surface area contributed by atoms with Gasteiger partial charge in [0.15, 0.2) is 0 Å². The Balaban J connectivity index is 1.11. The summed E-state index contributed by atoms with van der Waals surface area (Å²) in [4.78, 5) is 19.3. The third-order valence-electron chi connectivity index (χ3n) is 9.74. The monoisotopic (exact) mass is 532 g/mol. The highest BCUT2D eigenvalue weighted by atomic mass is 19.4. The number of hydrogen-bond donors (Lipinski definition) is 3. The van der Waals surface area contributed by atoms with Crippen molar-refractivity contribution < 1.29 is 22.7 Å². The smallest absolute Gasteiger partial charge is 0.381 e. The molecule has 1 aliphatic carbocycles. The SMILES string of the molecule is O=C(NC[C@H]1CCCN1)C1(CCN2CC[C@@H]3Cc4[nH]c5ccc(C(F)(F)F)cc5c4CC3C2)CCOCC1. The number of aromatic amines is 1. The van der Waals surface area contributed by atoms with Gasteiger partial charge in [-0.05, 0) is 107 Å². The van der Waals surface area contributed by atoms with Gasteiger partial charge in [0.2, 0.25) is 5.91 Å². The van der Waals surface area contributed by atoms with Crippen molar-refractivity contribution in [3.63, 3.8) is 0 Å². The van der Waals surface area contributed by atoms with Crippen LogP contribution in [-0.2, 0) is 28.5 Å². The predicted molar refractivity (Wildman–Crippen MR) is 140 cm³/mol. The summed E-state index contributed by atoms with van der Waals surface area (Å²) >= 11 is 0. The van der Waals surface area contributed by atoms with Gasteiger partial charge in [-0.3, -0.25) is 4.79 Å². The molecule has 3 aliphatic heterocycles. The van der Waals surface area contributed by atoms with Crippen LogP contribution in [0.5, 0.6) is 0 Å². The fourth-order valence-corrected chi connectivity index (χ4v) is 7.33. The van der Waals surface area contributed by atoms with Crippen molar-refractivity contribution in [2.75, 3.05) is 45.9 Å². The Labute approximate surface area is 222 Å². The molecular formula is C29H39F3N4O2. The first-order valence-corrected chi connectivity index (χ1v) is 14.3. The highest BCUT2D eigenvalue weighted by Gasteiger charge is 2.42. The summed E-state index contributed by atoms with van der Waals surface area (Å²) in [6.45, 7) is 5.80. The topological polar surface area (TPSA) is 69.4 Å². The summed E-state index contributed by atoms with van der Waals surface area (Å²) in [5.41, 5.74) is 2.03. The van der Waals surface area contributed by atoms with Crippen molar-refractivity contribution in [1.29, 1.82) is 0 Å². The summed E-state index contributed by atoms with van der Waals surface area (Å²) in [7, 11) is 0. The molecule has 2 aromatic rings. The van der Waals surface area contributed by atoms with Gasteiger partial charge in [-0.15, -0.1) is 0 Å². The maximum absolute atomic E-state index is 13.4. The van der Waals surface area contributed by atoms with E-state index in [0.29, 0.717) is 37.6 Å². The largest absolute Gasteiger partial charge is 0.416 e. The van der Waals surface area contributed by atoms with Crippen LogP contribution in [0.15, 0.2) is 18.2 Å². The van der Waals surface area contributed by atoms with Gasteiger partial charge in [0.1, 0.15) is 0 Å². The Hall–Kier alpha value is -2.10. The number of amides is 1. The number of likely N-dealkylation sites (tertiary alicyclic amines) is 1. The first kappa shape index (κ1) is 26.1. The molecule has 0 saturated carbocycles. The lowest BCUT2D eigenvalue weighted by atomic mass is 9.73. The normalized spacial score (nSPS) is 27.7. The molecule has 208 valence electrons. The van der Waals surface area contributed by atoms with Crippen LogP contribution in [0.3, 0.4) is 0 Å². The number of ether oxygens (including phenoxy) is 1. The van der Waals surface area contributed by atoms with E-state index in [2.05, 4.69) is 20.5 Å². The molecule has 6 rings (SSSR count). The van der Waals surface area contributed by atoms with E-state index in [0.717, 1.165) is 93.3 Å². The highest BCUT2D eigenvalue weighted by Crippen LogP contribution is 2.41. The van der Waals surface area contributed by atoms with Gasteiger partial charge in [-0.25, -0.2) is 0 Å². The summed E-state index contributed by atoms with van der Waals surface area (Å²) in [5.74, 6) is 1.15. The van der Waals surface area contributed by atoms with Crippen LogP contribution in [0, 0.1) is 17.3 Å². The number of fused-ring (bicyclic) bond motifs is 4. The number of alkyl halides is 3. The van der Waals surface area contributed by atoms with Crippen molar-refractivity contribution >= 4 is 16.8 Å². The molecule has 3 fully saturated rings. The maximum Gasteiger partial charge on any atom is 0.416 e. The average Bonchev–Trinajstić information content (AvgIpc) is 3.56. The molecule has 1 aromatic carbocycles. The van der Waals surface area contributed by atoms with Crippen molar-refractivity contribution in [2.24, 2.45) is 17.3 Å². The first-order valence-electron chi connectivity index (χ1n) is 14.3. The second kappa shape index (κ2) is 10.5. The molecular weight excluding hydrogens is 493 g/mol. The van der Waals surface area contributed by atoms with Crippen molar-refractivity contribution in [3.05, 3.63) is 35.0 Å². The molecule has 3 N–H and O–H groups in total. The van der Waals surface area contributed by atoms with Gasteiger partial charge in [0.25, 0.3) is 0 Å². The molecule has 9 heteroatoms. The number of nitrogens with one attached hydrogen (secondary N) is 3. The lowest BCUT2D eigenvalue weighted by Crippen LogP contribution is -2.50. The van der Waals surface area contributed by atoms with Crippen molar-refractivity contribution in [3.8, 4) is 0 Å². The number of H-pyrrole nitrogens is 1.